The molecule has 14 nitrogen and oxygen atoms in total. The zero-order valence-corrected chi connectivity index (χ0v) is 39.3. The second-order valence-corrected chi connectivity index (χ2v) is 18.3. The van der Waals surface area contributed by atoms with Gasteiger partial charge >= 0.3 is 0 Å². The summed E-state index contributed by atoms with van der Waals surface area (Å²) in [5, 5.41) is 86.2. The Bertz CT molecular complexity index is 1120. The first-order valence-electron chi connectivity index (χ1n) is 25.4. The minimum atomic E-state index is -1.78. The third-order valence-electron chi connectivity index (χ3n) is 12.7. The van der Waals surface area contributed by atoms with Crippen LogP contribution >= 0.6 is 0 Å². The van der Waals surface area contributed by atoms with Gasteiger partial charge in [-0.2, -0.15) is 0 Å². The van der Waals surface area contributed by atoms with Crippen molar-refractivity contribution in [3.05, 3.63) is 12.2 Å². The summed E-state index contributed by atoms with van der Waals surface area (Å²) >= 11 is 0. The average molecular weight is 904 g/mol. The summed E-state index contributed by atoms with van der Waals surface area (Å²) in [5.41, 5.74) is 0. The molecule has 12 atom stereocenters. The fourth-order valence-corrected chi connectivity index (χ4v) is 8.52. The van der Waals surface area contributed by atoms with Gasteiger partial charge in [0.2, 0.25) is 5.91 Å². The van der Waals surface area contributed by atoms with Gasteiger partial charge in [-0.05, 0) is 38.5 Å². The summed E-state index contributed by atoms with van der Waals surface area (Å²) in [6, 6.07) is -0.820. The fraction of sp³-hybridized carbons (Fsp3) is 0.939. The van der Waals surface area contributed by atoms with E-state index in [0.717, 1.165) is 51.4 Å². The van der Waals surface area contributed by atoms with E-state index in [4.69, 9.17) is 18.9 Å². The minimum absolute atomic E-state index is 0.215. The zero-order valence-electron chi connectivity index (χ0n) is 39.3. The van der Waals surface area contributed by atoms with E-state index in [0.29, 0.717) is 12.8 Å². The molecule has 2 rings (SSSR count). The number of unbranched alkanes of at least 4 members (excludes halogenated alkanes) is 24. The van der Waals surface area contributed by atoms with Crippen LogP contribution in [-0.4, -0.2) is 140 Å². The monoisotopic (exact) mass is 904 g/mol. The highest BCUT2D eigenvalue weighted by Gasteiger charge is 2.51. The second-order valence-electron chi connectivity index (χ2n) is 18.3. The van der Waals surface area contributed by atoms with Crippen molar-refractivity contribution in [2.75, 3.05) is 19.8 Å². The number of hydrogen-bond acceptors (Lipinski definition) is 13. The van der Waals surface area contributed by atoms with Gasteiger partial charge in [0, 0.05) is 6.42 Å². The molecule has 0 aromatic rings. The molecule has 0 bridgehead atoms. The van der Waals surface area contributed by atoms with Crippen LogP contribution in [0.1, 0.15) is 200 Å². The minimum Gasteiger partial charge on any atom is -0.394 e. The van der Waals surface area contributed by atoms with Crippen LogP contribution in [-0.2, 0) is 23.7 Å². The number of allylic oxidation sites excluding steroid dienone is 2. The lowest BCUT2D eigenvalue weighted by molar-refractivity contribution is -0.359. The van der Waals surface area contributed by atoms with Crippen LogP contribution in [0.3, 0.4) is 0 Å². The van der Waals surface area contributed by atoms with Gasteiger partial charge in [0.15, 0.2) is 12.6 Å². The van der Waals surface area contributed by atoms with Crippen molar-refractivity contribution in [2.24, 2.45) is 0 Å². The van der Waals surface area contributed by atoms with E-state index in [1.807, 2.05) is 0 Å². The third-order valence-corrected chi connectivity index (χ3v) is 12.7. The summed E-state index contributed by atoms with van der Waals surface area (Å²) in [6.07, 6.45) is 21.7. The Morgan fingerprint density at radius 2 is 1.00 bits per heavy atom. The summed E-state index contributed by atoms with van der Waals surface area (Å²) in [5.74, 6) is -0.215. The molecule has 0 aliphatic carbocycles. The highest BCUT2D eigenvalue weighted by Crippen LogP contribution is 2.30. The predicted octanol–water partition coefficient (Wildman–Crippen LogP) is 6.38. The van der Waals surface area contributed by atoms with Crippen LogP contribution in [0, 0.1) is 0 Å². The lowest BCUT2D eigenvalue weighted by Crippen LogP contribution is -2.65. The van der Waals surface area contributed by atoms with Crippen LogP contribution in [0.2, 0.25) is 0 Å². The lowest BCUT2D eigenvalue weighted by Gasteiger charge is -2.46. The van der Waals surface area contributed by atoms with Gasteiger partial charge in [0.05, 0.1) is 32.0 Å². The van der Waals surface area contributed by atoms with Crippen LogP contribution in [0.15, 0.2) is 12.2 Å². The molecule has 2 aliphatic heterocycles. The fourth-order valence-electron chi connectivity index (χ4n) is 8.52. The van der Waals surface area contributed by atoms with E-state index in [2.05, 4.69) is 31.3 Å². The van der Waals surface area contributed by atoms with Gasteiger partial charge in [0.1, 0.15) is 48.8 Å². The van der Waals surface area contributed by atoms with E-state index in [1.165, 1.54) is 122 Å². The van der Waals surface area contributed by atoms with Gasteiger partial charge in [-0.3, -0.25) is 4.79 Å². The van der Waals surface area contributed by atoms with Crippen molar-refractivity contribution in [1.82, 2.24) is 5.32 Å². The van der Waals surface area contributed by atoms with E-state index in [1.54, 1.807) is 0 Å². The summed E-state index contributed by atoms with van der Waals surface area (Å²) < 4.78 is 22.6. The van der Waals surface area contributed by atoms with E-state index in [-0.39, 0.29) is 12.5 Å². The largest absolute Gasteiger partial charge is 0.394 e. The molecule has 0 radical (unpaired) electrons. The van der Waals surface area contributed by atoms with E-state index >= 15 is 0 Å². The molecule has 14 heteroatoms. The average Bonchev–Trinajstić information content (AvgIpc) is 3.28. The molecule has 0 aromatic carbocycles. The zero-order chi connectivity index (χ0) is 46.1. The number of rotatable bonds is 39. The third kappa shape index (κ3) is 24.4. The number of hydrogen-bond donors (Lipinski definition) is 9. The SMILES string of the molecule is CCCCCCCCCC/C=C\CCCCCCCCCCCCCCCC(=O)NC(COC1OC(CO)C(OC2OC(CO)C(O)C(O)C2O)C(O)C1O)C(O)CCCCCC. The Morgan fingerprint density at radius 1 is 0.556 bits per heavy atom. The van der Waals surface area contributed by atoms with Gasteiger partial charge in [0.25, 0.3) is 0 Å². The maximum absolute atomic E-state index is 13.0. The molecule has 2 saturated heterocycles. The lowest BCUT2D eigenvalue weighted by atomic mass is 9.97. The van der Waals surface area contributed by atoms with Gasteiger partial charge in [-0.25, -0.2) is 0 Å². The quantitative estimate of drug-likeness (QED) is 0.0241. The Morgan fingerprint density at radius 3 is 1.51 bits per heavy atom. The van der Waals surface area contributed by atoms with Crippen LogP contribution < -0.4 is 5.32 Å². The smallest absolute Gasteiger partial charge is 0.220 e. The number of aliphatic hydroxyl groups excluding tert-OH is 8. The maximum atomic E-state index is 13.0. The Labute approximate surface area is 380 Å². The maximum Gasteiger partial charge on any atom is 0.220 e. The first-order valence-corrected chi connectivity index (χ1v) is 25.4. The van der Waals surface area contributed by atoms with Gasteiger partial charge in [-0.15, -0.1) is 0 Å². The molecule has 0 aromatic heterocycles. The second kappa shape index (κ2) is 36.8. The molecule has 9 N–H and O–H groups in total. The van der Waals surface area contributed by atoms with Crippen LogP contribution in [0.5, 0.6) is 0 Å². The molecule has 2 aliphatic rings. The van der Waals surface area contributed by atoms with Crippen molar-refractivity contribution >= 4 is 5.91 Å². The van der Waals surface area contributed by atoms with Crippen molar-refractivity contribution in [2.45, 2.75) is 274 Å². The molecule has 0 saturated carbocycles. The molecular formula is C49H93NO13. The standard InChI is InChI=1S/C49H93NO13/c1-3-5-7-9-10-11-12-13-14-15-16-17-18-19-20-21-22-23-24-25-26-27-28-29-31-33-41(54)50-37(38(53)32-30-8-6-4-2)36-60-48-46(59)44(57)47(40(35-52)62-48)63-49-45(58)43(56)42(55)39(34-51)61-49/h15-16,37-40,42-49,51-53,55-59H,3-14,17-36H2,1-2H3,(H,50,54)/b16-15-. The van der Waals surface area contributed by atoms with Gasteiger partial charge in [-0.1, -0.05) is 167 Å². The molecule has 1 amide bonds. The Balaban J connectivity index is 1.62. The van der Waals surface area contributed by atoms with Crippen molar-refractivity contribution < 1.29 is 64.6 Å². The molecule has 2 heterocycles. The van der Waals surface area contributed by atoms with Crippen molar-refractivity contribution in [1.29, 1.82) is 0 Å². The first-order chi connectivity index (χ1) is 30.6. The molecular weight excluding hydrogens is 811 g/mol. The first kappa shape index (κ1) is 57.9. The summed E-state index contributed by atoms with van der Waals surface area (Å²) in [6.45, 7) is 2.72. The highest BCUT2D eigenvalue weighted by molar-refractivity contribution is 5.76. The van der Waals surface area contributed by atoms with E-state index in [9.17, 15) is 45.6 Å². The number of aliphatic hydroxyl groups is 8. The number of amides is 1. The molecule has 63 heavy (non-hydrogen) atoms. The molecule has 0 spiro atoms. The predicted molar refractivity (Wildman–Crippen MR) is 245 cm³/mol. The molecule has 2 fully saturated rings. The molecule has 12 unspecified atom stereocenters. The number of ether oxygens (including phenoxy) is 4. The summed E-state index contributed by atoms with van der Waals surface area (Å²) in [4.78, 5) is 13.0. The number of carbonyl (C=O) groups excluding carboxylic acids is 1. The van der Waals surface area contributed by atoms with Crippen molar-refractivity contribution in [3.63, 3.8) is 0 Å². The summed E-state index contributed by atoms with van der Waals surface area (Å²) in [7, 11) is 0. The normalized spacial score (nSPS) is 27.5. The van der Waals surface area contributed by atoms with Gasteiger partial charge < -0.3 is 65.1 Å². The Kier molecular flexibility index (Phi) is 33.8. The van der Waals surface area contributed by atoms with Crippen molar-refractivity contribution in [3.8, 4) is 0 Å². The topological polar surface area (TPSA) is 228 Å². The van der Waals surface area contributed by atoms with Crippen LogP contribution in [0.25, 0.3) is 0 Å². The highest BCUT2D eigenvalue weighted by atomic mass is 16.7. The molecule has 372 valence electrons. The van der Waals surface area contributed by atoms with E-state index < -0.39 is 86.8 Å². The number of carbonyl (C=O) groups is 1. The number of nitrogens with one attached hydrogen (secondary N) is 1. The Hall–Kier alpha value is -1.27. The van der Waals surface area contributed by atoms with Crippen LogP contribution in [0.4, 0.5) is 0 Å².